The van der Waals surface area contributed by atoms with Crippen molar-refractivity contribution in [1.29, 1.82) is 0 Å². The normalized spacial score (nSPS) is 14.4. The predicted octanol–water partition coefficient (Wildman–Crippen LogP) is 2.12. The van der Waals surface area contributed by atoms with E-state index in [4.69, 9.17) is 0 Å². The molecular weight excluding hydrogens is 306 g/mol. The monoisotopic (exact) mass is 319 g/mol. The Morgan fingerprint density at radius 2 is 1.95 bits per heavy atom. The predicted molar refractivity (Wildman–Crippen MR) is 78.4 cm³/mol. The van der Waals surface area contributed by atoms with Gasteiger partial charge in [0, 0.05) is 13.1 Å². The van der Waals surface area contributed by atoms with E-state index in [1.165, 1.54) is 15.8 Å². The van der Waals surface area contributed by atoms with Crippen molar-refractivity contribution in [2.75, 3.05) is 5.32 Å². The van der Waals surface area contributed by atoms with Crippen LogP contribution in [0.3, 0.4) is 0 Å². The lowest BCUT2D eigenvalue weighted by molar-refractivity contribution is 0.697. The van der Waals surface area contributed by atoms with Crippen LogP contribution in [0.2, 0.25) is 0 Å². The molecule has 3 rings (SSSR count). The Hall–Kier alpha value is -1.62. The largest absolute Gasteiger partial charge is 0.379 e. The number of benzene rings is 1. The molecule has 1 aliphatic rings. The molecule has 0 bridgehead atoms. The number of aryl methyl sites for hydroxylation is 1. The molecule has 0 amide bonds. The second-order valence-electron chi connectivity index (χ2n) is 4.82. The van der Waals surface area contributed by atoms with E-state index in [-0.39, 0.29) is 5.56 Å². The number of rotatable bonds is 2. The molecule has 1 aliphatic carbocycles. The molecule has 0 spiro atoms. The number of nitrogens with zero attached hydrogens (tertiary/aromatic N) is 2. The minimum atomic E-state index is -0.125. The highest BCUT2D eigenvalue weighted by atomic mass is 79.9. The van der Waals surface area contributed by atoms with Gasteiger partial charge in [-0.2, -0.15) is 5.10 Å². The van der Waals surface area contributed by atoms with Gasteiger partial charge in [0.2, 0.25) is 0 Å². The van der Waals surface area contributed by atoms with E-state index in [0.717, 1.165) is 18.5 Å². The standard InChI is InChI=1S/C14H14BrN3O/c1-18-14(19)13(15)12(8-16-18)17-11-6-9-4-2-3-5-10(9)7-11/h2-5,8,11,17H,6-7H2,1H3. The summed E-state index contributed by atoms with van der Waals surface area (Å²) in [6, 6.07) is 8.78. The first-order chi connectivity index (χ1) is 9.15. The molecule has 0 saturated carbocycles. The molecule has 4 nitrogen and oxygen atoms in total. The van der Waals surface area contributed by atoms with Gasteiger partial charge >= 0.3 is 0 Å². The van der Waals surface area contributed by atoms with E-state index in [0.29, 0.717) is 10.5 Å². The van der Waals surface area contributed by atoms with Crippen molar-refractivity contribution in [3.05, 3.63) is 56.4 Å². The van der Waals surface area contributed by atoms with Crippen LogP contribution in [0.25, 0.3) is 0 Å². The summed E-state index contributed by atoms with van der Waals surface area (Å²) >= 11 is 3.34. The van der Waals surface area contributed by atoms with Gasteiger partial charge in [-0.05, 0) is 39.9 Å². The zero-order valence-corrected chi connectivity index (χ0v) is 12.1. The maximum atomic E-state index is 11.8. The van der Waals surface area contributed by atoms with Crippen LogP contribution in [0.15, 0.2) is 39.7 Å². The Morgan fingerprint density at radius 3 is 2.58 bits per heavy atom. The zero-order chi connectivity index (χ0) is 13.4. The minimum absolute atomic E-state index is 0.125. The Morgan fingerprint density at radius 1 is 1.32 bits per heavy atom. The zero-order valence-electron chi connectivity index (χ0n) is 10.6. The van der Waals surface area contributed by atoms with Gasteiger partial charge in [-0.3, -0.25) is 4.79 Å². The van der Waals surface area contributed by atoms with Crippen molar-refractivity contribution in [2.24, 2.45) is 7.05 Å². The maximum absolute atomic E-state index is 11.8. The van der Waals surface area contributed by atoms with Crippen LogP contribution >= 0.6 is 15.9 Å². The van der Waals surface area contributed by atoms with Crippen LogP contribution in [0.5, 0.6) is 0 Å². The number of anilines is 1. The minimum Gasteiger partial charge on any atom is -0.379 e. The van der Waals surface area contributed by atoms with E-state index in [9.17, 15) is 4.79 Å². The maximum Gasteiger partial charge on any atom is 0.282 e. The third-order valence-electron chi connectivity index (χ3n) is 3.49. The van der Waals surface area contributed by atoms with Gasteiger partial charge < -0.3 is 5.32 Å². The number of hydrogen-bond acceptors (Lipinski definition) is 3. The first-order valence-electron chi connectivity index (χ1n) is 6.20. The third-order valence-corrected chi connectivity index (χ3v) is 4.26. The third kappa shape index (κ3) is 2.30. The number of fused-ring (bicyclic) bond motifs is 1. The van der Waals surface area contributed by atoms with Crippen molar-refractivity contribution in [3.8, 4) is 0 Å². The first kappa shape index (κ1) is 12.4. The summed E-state index contributed by atoms with van der Waals surface area (Å²) in [5.74, 6) is 0. The summed E-state index contributed by atoms with van der Waals surface area (Å²) in [5.41, 5.74) is 3.40. The molecule has 1 aromatic carbocycles. The van der Waals surface area contributed by atoms with Crippen LogP contribution in [0.1, 0.15) is 11.1 Å². The molecule has 0 unspecified atom stereocenters. The molecule has 0 fully saturated rings. The summed E-state index contributed by atoms with van der Waals surface area (Å²) in [4.78, 5) is 11.8. The quantitative estimate of drug-likeness (QED) is 0.922. The van der Waals surface area contributed by atoms with E-state index in [1.807, 2.05) is 0 Å². The van der Waals surface area contributed by atoms with Gasteiger partial charge in [0.05, 0.1) is 11.9 Å². The molecule has 1 N–H and O–H groups in total. The number of hydrogen-bond donors (Lipinski definition) is 1. The molecule has 0 radical (unpaired) electrons. The van der Waals surface area contributed by atoms with Crippen molar-refractivity contribution in [1.82, 2.24) is 9.78 Å². The molecule has 0 atom stereocenters. The van der Waals surface area contributed by atoms with Crippen LogP contribution in [0.4, 0.5) is 5.69 Å². The average molecular weight is 320 g/mol. The molecule has 2 aromatic rings. The summed E-state index contributed by atoms with van der Waals surface area (Å²) < 4.78 is 1.86. The van der Waals surface area contributed by atoms with Crippen LogP contribution in [-0.2, 0) is 19.9 Å². The molecule has 19 heavy (non-hydrogen) atoms. The first-order valence-corrected chi connectivity index (χ1v) is 6.99. The highest BCUT2D eigenvalue weighted by Crippen LogP contribution is 2.26. The Kier molecular flexibility index (Phi) is 3.14. The van der Waals surface area contributed by atoms with Crippen molar-refractivity contribution >= 4 is 21.6 Å². The van der Waals surface area contributed by atoms with Crippen LogP contribution < -0.4 is 10.9 Å². The topological polar surface area (TPSA) is 46.9 Å². The second kappa shape index (κ2) is 4.81. The summed E-state index contributed by atoms with van der Waals surface area (Å²) in [6.45, 7) is 0. The molecule has 1 aromatic heterocycles. The summed E-state index contributed by atoms with van der Waals surface area (Å²) in [6.07, 6.45) is 3.66. The fraction of sp³-hybridized carbons (Fsp3) is 0.286. The van der Waals surface area contributed by atoms with E-state index >= 15 is 0 Å². The van der Waals surface area contributed by atoms with E-state index in [1.54, 1.807) is 13.2 Å². The number of nitrogens with one attached hydrogen (secondary N) is 1. The van der Waals surface area contributed by atoms with Gasteiger partial charge in [-0.25, -0.2) is 4.68 Å². The lowest BCUT2D eigenvalue weighted by atomic mass is 10.1. The van der Waals surface area contributed by atoms with Crippen LogP contribution in [0, 0.1) is 0 Å². The van der Waals surface area contributed by atoms with E-state index < -0.39 is 0 Å². The molecule has 0 saturated heterocycles. The van der Waals surface area contributed by atoms with Crippen molar-refractivity contribution in [2.45, 2.75) is 18.9 Å². The average Bonchev–Trinajstić information content (AvgIpc) is 2.82. The summed E-state index contributed by atoms with van der Waals surface area (Å²) in [5, 5.41) is 7.44. The highest BCUT2D eigenvalue weighted by Gasteiger charge is 2.21. The molecule has 5 heteroatoms. The fourth-order valence-electron chi connectivity index (χ4n) is 2.49. The second-order valence-corrected chi connectivity index (χ2v) is 5.61. The molecular formula is C14H14BrN3O. The van der Waals surface area contributed by atoms with Gasteiger partial charge in [-0.15, -0.1) is 0 Å². The lowest BCUT2D eigenvalue weighted by Crippen LogP contribution is -2.25. The fourth-order valence-corrected chi connectivity index (χ4v) is 2.97. The van der Waals surface area contributed by atoms with E-state index in [2.05, 4.69) is 50.6 Å². The smallest absolute Gasteiger partial charge is 0.282 e. The Balaban J connectivity index is 1.82. The molecule has 98 valence electrons. The van der Waals surface area contributed by atoms with Crippen molar-refractivity contribution < 1.29 is 0 Å². The van der Waals surface area contributed by atoms with Gasteiger partial charge in [0.1, 0.15) is 4.47 Å². The molecule has 1 heterocycles. The SMILES string of the molecule is Cn1ncc(NC2Cc3ccccc3C2)c(Br)c1=O. The summed E-state index contributed by atoms with van der Waals surface area (Å²) in [7, 11) is 1.64. The lowest BCUT2D eigenvalue weighted by Gasteiger charge is -2.14. The van der Waals surface area contributed by atoms with Crippen LogP contribution in [-0.4, -0.2) is 15.8 Å². The van der Waals surface area contributed by atoms with Gasteiger partial charge in [-0.1, -0.05) is 24.3 Å². The number of halogens is 1. The van der Waals surface area contributed by atoms with Crippen molar-refractivity contribution in [3.63, 3.8) is 0 Å². The Labute approximate surface area is 119 Å². The van der Waals surface area contributed by atoms with Gasteiger partial charge in [0.25, 0.3) is 5.56 Å². The number of aromatic nitrogens is 2. The highest BCUT2D eigenvalue weighted by molar-refractivity contribution is 9.10. The van der Waals surface area contributed by atoms with Gasteiger partial charge in [0.15, 0.2) is 0 Å². The molecule has 0 aliphatic heterocycles. The Bertz CT molecular complexity index is 656.